The molecule has 0 saturated heterocycles. The Kier molecular flexibility index (Phi) is 4.31. The van der Waals surface area contributed by atoms with Crippen molar-refractivity contribution in [2.24, 2.45) is 0 Å². The third-order valence-electron chi connectivity index (χ3n) is 4.79. The maximum atomic E-state index is 12.8. The molecule has 0 saturated carbocycles. The minimum Gasteiger partial charge on any atom is -0.346 e. The van der Waals surface area contributed by atoms with Crippen LogP contribution in [0, 0.1) is 6.57 Å². The molecule has 0 aliphatic carbocycles. The molecule has 0 unspecified atom stereocenters. The highest BCUT2D eigenvalue weighted by molar-refractivity contribution is 6.10. The fourth-order valence-electron chi connectivity index (χ4n) is 3.41. The largest absolute Gasteiger partial charge is 0.346 e. The third kappa shape index (κ3) is 3.02. The summed E-state index contributed by atoms with van der Waals surface area (Å²) in [5.41, 5.74) is 3.40. The molecular formula is C22H18N4O. The average Bonchev–Trinajstić information content (AvgIpc) is 3.02. The summed E-state index contributed by atoms with van der Waals surface area (Å²) in [4.78, 5) is 20.5. The number of fused-ring (bicyclic) bond motifs is 3. The first kappa shape index (κ1) is 16.8. The van der Waals surface area contributed by atoms with Crippen LogP contribution >= 0.6 is 0 Å². The molecule has 1 amide bonds. The first-order chi connectivity index (χ1) is 13.2. The van der Waals surface area contributed by atoms with Gasteiger partial charge in [-0.25, -0.2) is 6.57 Å². The second kappa shape index (κ2) is 6.93. The standard InChI is InChI=1S/C22H18N4O/c1-15(16-6-4-3-5-7-16)25-22(27)17-8-9-18-19-10-11-24-13-21(19)26(14-23-2)20(18)12-17/h3-13,15H,14H2,1H3,(H,25,27)/t15-/m1/s1. The molecule has 2 aromatic heterocycles. The third-order valence-corrected chi connectivity index (χ3v) is 4.79. The summed E-state index contributed by atoms with van der Waals surface area (Å²) in [6.07, 6.45) is 3.50. The summed E-state index contributed by atoms with van der Waals surface area (Å²) < 4.78 is 1.90. The van der Waals surface area contributed by atoms with Crippen molar-refractivity contribution in [1.82, 2.24) is 14.9 Å². The number of pyridine rings is 1. The van der Waals surface area contributed by atoms with E-state index in [4.69, 9.17) is 6.57 Å². The van der Waals surface area contributed by atoms with E-state index >= 15 is 0 Å². The number of benzene rings is 2. The molecule has 27 heavy (non-hydrogen) atoms. The van der Waals surface area contributed by atoms with E-state index in [1.54, 1.807) is 12.4 Å². The summed E-state index contributed by atoms with van der Waals surface area (Å²) in [6, 6.07) is 17.3. The molecular weight excluding hydrogens is 336 g/mol. The zero-order valence-corrected chi connectivity index (χ0v) is 14.9. The number of aromatic nitrogens is 2. The van der Waals surface area contributed by atoms with E-state index in [1.807, 2.05) is 66.1 Å². The van der Waals surface area contributed by atoms with Crippen LogP contribution in [0.5, 0.6) is 0 Å². The van der Waals surface area contributed by atoms with E-state index in [0.29, 0.717) is 5.56 Å². The number of nitrogens with zero attached hydrogens (tertiary/aromatic N) is 3. The van der Waals surface area contributed by atoms with Crippen LogP contribution in [0.4, 0.5) is 0 Å². The summed E-state index contributed by atoms with van der Waals surface area (Å²) in [6.45, 7) is 9.42. The van der Waals surface area contributed by atoms with Gasteiger partial charge in [-0.2, -0.15) is 0 Å². The zero-order chi connectivity index (χ0) is 18.8. The zero-order valence-electron chi connectivity index (χ0n) is 14.9. The number of carbonyl (C=O) groups excluding carboxylic acids is 1. The van der Waals surface area contributed by atoms with E-state index in [0.717, 1.165) is 27.4 Å². The molecule has 1 N–H and O–H groups in total. The van der Waals surface area contributed by atoms with Crippen LogP contribution in [0.1, 0.15) is 28.9 Å². The molecule has 2 aromatic carbocycles. The van der Waals surface area contributed by atoms with Crippen LogP contribution in [0.25, 0.3) is 26.7 Å². The Hall–Kier alpha value is -3.65. The Morgan fingerprint density at radius 3 is 2.70 bits per heavy atom. The molecule has 0 aliphatic heterocycles. The highest BCUT2D eigenvalue weighted by Gasteiger charge is 2.16. The molecule has 132 valence electrons. The van der Waals surface area contributed by atoms with E-state index in [2.05, 4.69) is 15.1 Å². The van der Waals surface area contributed by atoms with Gasteiger partial charge < -0.3 is 5.32 Å². The Morgan fingerprint density at radius 2 is 1.93 bits per heavy atom. The molecule has 1 atom stereocenters. The second-order valence-corrected chi connectivity index (χ2v) is 6.46. The monoisotopic (exact) mass is 354 g/mol. The lowest BCUT2D eigenvalue weighted by molar-refractivity contribution is 0.0940. The number of nitrogens with one attached hydrogen (secondary N) is 1. The van der Waals surface area contributed by atoms with E-state index in [1.165, 1.54) is 0 Å². The van der Waals surface area contributed by atoms with Gasteiger partial charge >= 0.3 is 0 Å². The summed E-state index contributed by atoms with van der Waals surface area (Å²) >= 11 is 0. The molecule has 0 spiro atoms. The first-order valence-electron chi connectivity index (χ1n) is 8.74. The van der Waals surface area contributed by atoms with Gasteiger partial charge in [0.1, 0.15) is 0 Å². The van der Waals surface area contributed by atoms with E-state index in [9.17, 15) is 4.79 Å². The minimum absolute atomic E-state index is 0.0901. The molecule has 4 rings (SSSR count). The van der Waals surface area contributed by atoms with Gasteiger partial charge in [0.2, 0.25) is 0 Å². The topological polar surface area (TPSA) is 51.3 Å². The Balaban J connectivity index is 1.73. The number of amides is 1. The fraction of sp³-hybridized carbons (Fsp3) is 0.136. The number of hydrogen-bond donors (Lipinski definition) is 1. The van der Waals surface area contributed by atoms with Crippen LogP contribution in [-0.4, -0.2) is 15.5 Å². The molecule has 2 heterocycles. The lowest BCUT2D eigenvalue weighted by Crippen LogP contribution is -2.26. The van der Waals surface area contributed by atoms with Gasteiger partial charge in [0.25, 0.3) is 12.6 Å². The fourth-order valence-corrected chi connectivity index (χ4v) is 3.41. The van der Waals surface area contributed by atoms with Gasteiger partial charge in [0.15, 0.2) is 0 Å². The molecule has 0 radical (unpaired) electrons. The second-order valence-electron chi connectivity index (χ2n) is 6.46. The van der Waals surface area contributed by atoms with Crippen molar-refractivity contribution in [3.05, 3.63) is 89.5 Å². The Labute approximate surface area is 157 Å². The van der Waals surface area contributed by atoms with Gasteiger partial charge in [0, 0.05) is 22.5 Å². The first-order valence-corrected chi connectivity index (χ1v) is 8.74. The maximum absolute atomic E-state index is 12.8. The van der Waals surface area contributed by atoms with Gasteiger partial charge in [-0.1, -0.05) is 36.4 Å². The van der Waals surface area contributed by atoms with Gasteiger partial charge in [0.05, 0.1) is 23.3 Å². The Morgan fingerprint density at radius 1 is 1.15 bits per heavy atom. The van der Waals surface area contributed by atoms with Crippen molar-refractivity contribution in [3.63, 3.8) is 0 Å². The van der Waals surface area contributed by atoms with Crippen LogP contribution in [0.3, 0.4) is 0 Å². The molecule has 4 aromatic rings. The van der Waals surface area contributed by atoms with E-state index < -0.39 is 0 Å². The predicted molar refractivity (Wildman–Crippen MR) is 106 cm³/mol. The summed E-state index contributed by atoms with van der Waals surface area (Å²) in [5, 5.41) is 5.09. The molecule has 5 heteroatoms. The lowest BCUT2D eigenvalue weighted by atomic mass is 10.1. The molecule has 5 nitrogen and oxygen atoms in total. The highest BCUT2D eigenvalue weighted by atomic mass is 16.1. The minimum atomic E-state index is -0.133. The van der Waals surface area contributed by atoms with Crippen LogP contribution < -0.4 is 5.32 Å². The van der Waals surface area contributed by atoms with Gasteiger partial charge in [-0.05, 0) is 30.7 Å². The van der Waals surface area contributed by atoms with Crippen LogP contribution in [0.2, 0.25) is 0 Å². The van der Waals surface area contributed by atoms with Crippen LogP contribution in [0.15, 0.2) is 67.0 Å². The molecule has 0 aliphatic rings. The summed E-state index contributed by atoms with van der Waals surface area (Å²) in [7, 11) is 0. The number of rotatable bonds is 4. The van der Waals surface area contributed by atoms with Crippen LogP contribution in [-0.2, 0) is 6.67 Å². The van der Waals surface area contributed by atoms with E-state index in [-0.39, 0.29) is 18.6 Å². The van der Waals surface area contributed by atoms with Gasteiger partial charge in [-0.15, -0.1) is 0 Å². The number of hydrogen-bond acceptors (Lipinski definition) is 2. The van der Waals surface area contributed by atoms with Crippen molar-refractivity contribution >= 4 is 27.7 Å². The van der Waals surface area contributed by atoms with Crippen molar-refractivity contribution < 1.29 is 4.79 Å². The van der Waals surface area contributed by atoms with Gasteiger partial charge in [-0.3, -0.25) is 19.2 Å². The average molecular weight is 354 g/mol. The van der Waals surface area contributed by atoms with Crippen molar-refractivity contribution in [2.45, 2.75) is 19.6 Å². The molecule has 0 fully saturated rings. The summed E-state index contributed by atoms with van der Waals surface area (Å²) in [5.74, 6) is -0.133. The molecule has 0 bridgehead atoms. The highest BCUT2D eigenvalue weighted by Crippen LogP contribution is 2.29. The lowest BCUT2D eigenvalue weighted by Gasteiger charge is -2.14. The smallest absolute Gasteiger partial charge is 0.293 e. The quantitative estimate of drug-likeness (QED) is 0.546. The van der Waals surface area contributed by atoms with Crippen molar-refractivity contribution in [2.75, 3.05) is 0 Å². The SMILES string of the molecule is [C-]#[N+]Cn1c2cnccc2c2ccc(C(=O)N[C@H](C)c3ccccc3)cc21. The van der Waals surface area contributed by atoms with Crippen molar-refractivity contribution in [3.8, 4) is 0 Å². The normalized spacial score (nSPS) is 12.0. The van der Waals surface area contributed by atoms with Crippen molar-refractivity contribution in [1.29, 1.82) is 0 Å². The Bertz CT molecular complexity index is 1170. The maximum Gasteiger partial charge on any atom is 0.293 e. The number of carbonyl (C=O) groups is 1. The predicted octanol–water partition coefficient (Wildman–Crippen LogP) is 4.56.